The van der Waals surface area contributed by atoms with Crippen LogP contribution >= 0.6 is 0 Å². The van der Waals surface area contributed by atoms with E-state index in [2.05, 4.69) is 16.0 Å². The molecule has 1 aromatic heterocycles. The van der Waals surface area contributed by atoms with Gasteiger partial charge in [-0.3, -0.25) is 20.4 Å². The van der Waals surface area contributed by atoms with Gasteiger partial charge in [0.1, 0.15) is 11.4 Å². The van der Waals surface area contributed by atoms with E-state index < -0.39 is 5.91 Å². The Balaban J connectivity index is 1.66. The minimum Gasteiger partial charge on any atom is -0.497 e. The van der Waals surface area contributed by atoms with Crippen molar-refractivity contribution in [3.05, 3.63) is 66.4 Å². The molecule has 0 saturated heterocycles. The fourth-order valence-corrected chi connectivity index (χ4v) is 2.85. The van der Waals surface area contributed by atoms with E-state index in [9.17, 15) is 9.59 Å². The van der Waals surface area contributed by atoms with Crippen LogP contribution in [0.1, 0.15) is 23.2 Å². The normalized spacial score (nSPS) is 13.0. The number of ether oxygens (including phenoxy) is 1. The minimum absolute atomic E-state index is 0.00778. The molecule has 0 radical (unpaired) electrons. The van der Waals surface area contributed by atoms with Crippen molar-refractivity contribution >= 4 is 11.8 Å². The highest BCUT2D eigenvalue weighted by atomic mass is 16.5. The fourth-order valence-electron chi connectivity index (χ4n) is 2.85. The van der Waals surface area contributed by atoms with Crippen molar-refractivity contribution in [1.29, 1.82) is 0 Å². The van der Waals surface area contributed by atoms with E-state index in [0.29, 0.717) is 17.0 Å². The molecule has 1 aliphatic rings. The molecular formula is C21H20N4O3. The summed E-state index contributed by atoms with van der Waals surface area (Å²) in [7, 11) is 1.60. The summed E-state index contributed by atoms with van der Waals surface area (Å²) in [5.41, 5.74) is 7.48. The van der Waals surface area contributed by atoms with Crippen molar-refractivity contribution in [3.63, 3.8) is 0 Å². The average Bonchev–Trinajstić information content (AvgIpc) is 3.51. The van der Waals surface area contributed by atoms with Crippen LogP contribution in [0.25, 0.3) is 16.9 Å². The molecule has 2 N–H and O–H groups in total. The van der Waals surface area contributed by atoms with E-state index in [1.165, 1.54) is 0 Å². The maximum atomic E-state index is 12.8. The van der Waals surface area contributed by atoms with Gasteiger partial charge in [-0.25, -0.2) is 4.68 Å². The predicted octanol–water partition coefficient (Wildman–Crippen LogP) is 2.72. The maximum Gasteiger partial charge on any atom is 0.273 e. The lowest BCUT2D eigenvalue weighted by Crippen LogP contribution is -2.42. The van der Waals surface area contributed by atoms with Gasteiger partial charge in [-0.2, -0.15) is 5.10 Å². The van der Waals surface area contributed by atoms with Gasteiger partial charge in [-0.15, -0.1) is 0 Å². The van der Waals surface area contributed by atoms with Gasteiger partial charge in [0, 0.05) is 17.7 Å². The number of aromatic nitrogens is 2. The monoisotopic (exact) mass is 376 g/mol. The second-order valence-electron chi connectivity index (χ2n) is 6.62. The van der Waals surface area contributed by atoms with Crippen molar-refractivity contribution in [2.75, 3.05) is 7.11 Å². The van der Waals surface area contributed by atoms with Crippen LogP contribution in [0.4, 0.5) is 0 Å². The van der Waals surface area contributed by atoms with Crippen LogP contribution < -0.4 is 15.6 Å². The molecule has 7 heteroatoms. The highest BCUT2D eigenvalue weighted by Gasteiger charge is 2.30. The van der Waals surface area contributed by atoms with Crippen molar-refractivity contribution in [3.8, 4) is 22.7 Å². The molecule has 2 amide bonds. The summed E-state index contributed by atoms with van der Waals surface area (Å²) in [6.45, 7) is 0. The molecular weight excluding hydrogens is 356 g/mol. The largest absolute Gasteiger partial charge is 0.497 e. The lowest BCUT2D eigenvalue weighted by atomic mass is 10.1. The molecule has 1 saturated carbocycles. The third kappa shape index (κ3) is 3.73. The average molecular weight is 376 g/mol. The van der Waals surface area contributed by atoms with Gasteiger partial charge >= 0.3 is 0 Å². The first-order valence-electron chi connectivity index (χ1n) is 9.05. The van der Waals surface area contributed by atoms with E-state index in [0.717, 1.165) is 24.1 Å². The van der Waals surface area contributed by atoms with Crippen LogP contribution in [0.5, 0.6) is 5.75 Å². The molecule has 2 aromatic carbocycles. The Hall–Kier alpha value is -3.61. The third-order valence-electron chi connectivity index (χ3n) is 4.59. The second-order valence-corrected chi connectivity index (χ2v) is 6.62. The maximum absolute atomic E-state index is 12.8. The second kappa shape index (κ2) is 7.56. The van der Waals surface area contributed by atoms with Gasteiger partial charge in [-0.05, 0) is 49.2 Å². The van der Waals surface area contributed by atoms with Crippen LogP contribution in [0.3, 0.4) is 0 Å². The Bertz CT molecular complexity index is 992. The standard InChI is InChI=1S/C21H20N4O3/c1-28-17-11-9-14(10-12-17)19-18(21(27)23-22-20(26)15-7-8-15)13-25(24-19)16-5-3-2-4-6-16/h2-6,9-13,15H,7-8H2,1H3,(H,22,26)(H,23,27). The molecule has 0 spiro atoms. The van der Waals surface area contributed by atoms with Gasteiger partial charge < -0.3 is 4.74 Å². The number of hydrogen-bond acceptors (Lipinski definition) is 4. The number of rotatable bonds is 5. The summed E-state index contributed by atoms with van der Waals surface area (Å²) in [5, 5.41) is 4.60. The van der Waals surface area contributed by atoms with Crippen LogP contribution in [0.15, 0.2) is 60.8 Å². The third-order valence-corrected chi connectivity index (χ3v) is 4.59. The molecule has 3 aromatic rings. The zero-order valence-electron chi connectivity index (χ0n) is 15.4. The van der Waals surface area contributed by atoms with E-state index in [1.54, 1.807) is 18.0 Å². The summed E-state index contributed by atoms with van der Waals surface area (Å²) in [5.74, 6) is 0.152. The van der Waals surface area contributed by atoms with Crippen LogP contribution in [-0.4, -0.2) is 28.7 Å². The Morgan fingerprint density at radius 3 is 2.39 bits per heavy atom. The zero-order chi connectivity index (χ0) is 19.5. The van der Waals surface area contributed by atoms with Crippen molar-refractivity contribution in [2.24, 2.45) is 5.92 Å². The number of carbonyl (C=O) groups excluding carboxylic acids is 2. The number of hydrogen-bond donors (Lipinski definition) is 2. The van der Waals surface area contributed by atoms with Crippen LogP contribution in [0, 0.1) is 5.92 Å². The number of amides is 2. The smallest absolute Gasteiger partial charge is 0.273 e. The number of nitrogens with zero attached hydrogens (tertiary/aromatic N) is 2. The van der Waals surface area contributed by atoms with Crippen molar-refractivity contribution in [1.82, 2.24) is 20.6 Å². The molecule has 4 rings (SSSR count). The molecule has 28 heavy (non-hydrogen) atoms. The summed E-state index contributed by atoms with van der Waals surface area (Å²) < 4.78 is 6.85. The van der Waals surface area contributed by atoms with Crippen molar-refractivity contribution < 1.29 is 14.3 Å². The first-order valence-corrected chi connectivity index (χ1v) is 9.05. The predicted molar refractivity (Wildman–Crippen MR) is 104 cm³/mol. The Kier molecular flexibility index (Phi) is 4.80. The van der Waals surface area contributed by atoms with E-state index >= 15 is 0 Å². The lowest BCUT2D eigenvalue weighted by molar-refractivity contribution is -0.123. The summed E-state index contributed by atoms with van der Waals surface area (Å²) >= 11 is 0. The Morgan fingerprint density at radius 1 is 1.04 bits per heavy atom. The topological polar surface area (TPSA) is 85.2 Å². The highest BCUT2D eigenvalue weighted by molar-refractivity contribution is 6.00. The number of nitrogens with one attached hydrogen (secondary N) is 2. The van der Waals surface area contributed by atoms with E-state index in [1.807, 2.05) is 54.6 Å². The number of benzene rings is 2. The fraction of sp³-hybridized carbons (Fsp3) is 0.190. The van der Waals surface area contributed by atoms with Gasteiger partial charge in [0.15, 0.2) is 0 Å². The summed E-state index contributed by atoms with van der Waals surface area (Å²) in [4.78, 5) is 24.6. The Morgan fingerprint density at radius 2 is 1.75 bits per heavy atom. The number of carbonyl (C=O) groups is 2. The van der Waals surface area contributed by atoms with Crippen LogP contribution in [0.2, 0.25) is 0 Å². The van der Waals surface area contributed by atoms with Crippen LogP contribution in [-0.2, 0) is 4.79 Å². The summed E-state index contributed by atoms with van der Waals surface area (Å²) in [6, 6.07) is 16.8. The van der Waals surface area contributed by atoms with E-state index in [4.69, 9.17) is 4.74 Å². The molecule has 0 bridgehead atoms. The molecule has 7 nitrogen and oxygen atoms in total. The van der Waals surface area contributed by atoms with Gasteiger partial charge in [0.05, 0.1) is 18.4 Å². The SMILES string of the molecule is COc1ccc(-c2nn(-c3ccccc3)cc2C(=O)NNC(=O)C2CC2)cc1. The summed E-state index contributed by atoms with van der Waals surface area (Å²) in [6.07, 6.45) is 3.39. The first-order chi connectivity index (χ1) is 13.7. The van der Waals surface area contributed by atoms with E-state index in [-0.39, 0.29) is 11.8 Å². The molecule has 142 valence electrons. The molecule has 0 unspecified atom stereocenters. The number of hydrazine groups is 1. The first kappa shape index (κ1) is 17.8. The number of para-hydroxylation sites is 1. The minimum atomic E-state index is -0.415. The molecule has 0 aliphatic heterocycles. The molecule has 0 atom stereocenters. The molecule has 1 aliphatic carbocycles. The quantitative estimate of drug-likeness (QED) is 0.671. The number of methoxy groups -OCH3 is 1. The molecule has 1 fully saturated rings. The van der Waals surface area contributed by atoms with Gasteiger partial charge in [-0.1, -0.05) is 18.2 Å². The van der Waals surface area contributed by atoms with Gasteiger partial charge in [0.25, 0.3) is 5.91 Å². The molecule has 1 heterocycles. The lowest BCUT2D eigenvalue weighted by Gasteiger charge is -2.07. The Labute approximate surface area is 162 Å². The van der Waals surface area contributed by atoms with Gasteiger partial charge in [0.2, 0.25) is 5.91 Å². The zero-order valence-corrected chi connectivity index (χ0v) is 15.4. The highest BCUT2D eigenvalue weighted by Crippen LogP contribution is 2.29. The van der Waals surface area contributed by atoms with Crippen molar-refractivity contribution in [2.45, 2.75) is 12.8 Å².